The Labute approximate surface area is 175 Å². The van der Waals surface area contributed by atoms with E-state index in [1.807, 2.05) is 0 Å². The highest BCUT2D eigenvalue weighted by atomic mass is 32.2. The number of aromatic nitrogens is 1. The molecule has 2 heterocycles. The van der Waals surface area contributed by atoms with E-state index in [4.69, 9.17) is 9.84 Å². The van der Waals surface area contributed by atoms with E-state index in [2.05, 4.69) is 25.2 Å². The summed E-state index contributed by atoms with van der Waals surface area (Å²) in [6.45, 7) is 0. The Hall–Kier alpha value is -3.73. The van der Waals surface area contributed by atoms with Crippen molar-refractivity contribution in [3.63, 3.8) is 0 Å². The van der Waals surface area contributed by atoms with Crippen LogP contribution in [0.2, 0.25) is 0 Å². The number of pyridine rings is 1. The number of hydrogen-bond donors (Lipinski definition) is 2. The molecule has 3 rings (SSSR count). The Bertz CT molecular complexity index is 1020. The molecule has 154 valence electrons. The van der Waals surface area contributed by atoms with Crippen LogP contribution in [0.15, 0.2) is 52.8 Å². The van der Waals surface area contributed by atoms with Crippen molar-refractivity contribution in [1.82, 2.24) is 10.3 Å². The van der Waals surface area contributed by atoms with Gasteiger partial charge in [-0.1, -0.05) is 11.8 Å². The van der Waals surface area contributed by atoms with Gasteiger partial charge in [-0.15, -0.1) is 5.10 Å². The zero-order valence-corrected chi connectivity index (χ0v) is 16.5. The maximum Gasteiger partial charge on any atom is 0.338 e. The molecule has 1 atom stereocenters. The number of carbonyl (C=O) groups is 3. The van der Waals surface area contributed by atoms with Crippen LogP contribution in [0.3, 0.4) is 0 Å². The number of carboxylic acid groups (broad SMARTS) is 1. The predicted octanol–water partition coefficient (Wildman–Crippen LogP) is 2.06. The summed E-state index contributed by atoms with van der Waals surface area (Å²) < 4.78 is 10.3. The second-order valence-corrected chi connectivity index (χ2v) is 7.08. The number of ether oxygens (including phenoxy) is 2. The SMILES string of the molecule is COC(=O)c1ccnc(Oc2ccc(C=NN=C3NC(=O)C(CC(=O)O)S3)cc2)c1. The Balaban J connectivity index is 1.59. The highest BCUT2D eigenvalue weighted by Crippen LogP contribution is 2.23. The minimum absolute atomic E-state index is 0.246. The number of amidine groups is 1. The van der Waals surface area contributed by atoms with Crippen molar-refractivity contribution in [2.75, 3.05) is 7.11 Å². The number of esters is 1. The fourth-order valence-corrected chi connectivity index (χ4v) is 3.26. The monoisotopic (exact) mass is 428 g/mol. The Kier molecular flexibility index (Phi) is 6.75. The molecular weight excluding hydrogens is 412 g/mol. The van der Waals surface area contributed by atoms with Gasteiger partial charge in [0.15, 0.2) is 5.17 Å². The molecule has 1 saturated heterocycles. The number of nitrogens with one attached hydrogen (secondary N) is 1. The van der Waals surface area contributed by atoms with Crippen LogP contribution in [-0.2, 0) is 14.3 Å². The first-order chi connectivity index (χ1) is 14.4. The third kappa shape index (κ3) is 5.64. The molecule has 0 spiro atoms. The first-order valence-corrected chi connectivity index (χ1v) is 9.45. The van der Waals surface area contributed by atoms with Gasteiger partial charge in [0.05, 0.1) is 25.3 Å². The van der Waals surface area contributed by atoms with Crippen LogP contribution in [0, 0.1) is 0 Å². The van der Waals surface area contributed by atoms with E-state index in [1.165, 1.54) is 31.7 Å². The van der Waals surface area contributed by atoms with Crippen molar-refractivity contribution in [3.05, 3.63) is 53.7 Å². The lowest BCUT2D eigenvalue weighted by molar-refractivity contribution is -0.138. The molecule has 0 radical (unpaired) electrons. The van der Waals surface area contributed by atoms with E-state index in [0.29, 0.717) is 11.3 Å². The molecule has 1 aliphatic rings. The maximum absolute atomic E-state index is 11.6. The molecule has 30 heavy (non-hydrogen) atoms. The fourth-order valence-electron chi connectivity index (χ4n) is 2.35. The number of benzene rings is 1. The average molecular weight is 428 g/mol. The number of rotatable bonds is 7. The highest BCUT2D eigenvalue weighted by molar-refractivity contribution is 8.15. The van der Waals surface area contributed by atoms with Crippen molar-refractivity contribution in [1.29, 1.82) is 0 Å². The number of methoxy groups -OCH3 is 1. The Morgan fingerprint density at radius 2 is 2.07 bits per heavy atom. The van der Waals surface area contributed by atoms with Crippen LogP contribution < -0.4 is 10.1 Å². The second kappa shape index (κ2) is 9.65. The first-order valence-electron chi connectivity index (χ1n) is 8.57. The van der Waals surface area contributed by atoms with Crippen molar-refractivity contribution < 1.29 is 29.0 Å². The largest absolute Gasteiger partial charge is 0.481 e. The van der Waals surface area contributed by atoms with Gasteiger partial charge in [0.25, 0.3) is 0 Å². The molecule has 11 heteroatoms. The van der Waals surface area contributed by atoms with Crippen molar-refractivity contribution >= 4 is 41.0 Å². The van der Waals surface area contributed by atoms with Crippen molar-refractivity contribution in [2.45, 2.75) is 11.7 Å². The van der Waals surface area contributed by atoms with Crippen molar-refractivity contribution in [2.24, 2.45) is 10.2 Å². The molecule has 1 fully saturated rings. The summed E-state index contributed by atoms with van der Waals surface area (Å²) in [4.78, 5) is 38.0. The lowest BCUT2D eigenvalue weighted by Gasteiger charge is -2.06. The molecular formula is C19H16N4O6S. The molecule has 1 aromatic carbocycles. The van der Waals surface area contributed by atoms with E-state index < -0.39 is 23.1 Å². The highest BCUT2D eigenvalue weighted by Gasteiger charge is 2.32. The average Bonchev–Trinajstić information content (AvgIpc) is 3.07. The molecule has 1 amide bonds. The van der Waals surface area contributed by atoms with Crippen molar-refractivity contribution in [3.8, 4) is 11.6 Å². The molecule has 1 aromatic heterocycles. The summed E-state index contributed by atoms with van der Waals surface area (Å²) in [5, 5.41) is 18.6. The van der Waals surface area contributed by atoms with E-state index in [0.717, 1.165) is 17.3 Å². The van der Waals surface area contributed by atoms with Gasteiger partial charge in [-0.05, 0) is 35.9 Å². The van der Waals surface area contributed by atoms with Gasteiger partial charge in [0.1, 0.15) is 11.0 Å². The van der Waals surface area contributed by atoms with Crippen LogP contribution >= 0.6 is 11.8 Å². The third-order valence-corrected chi connectivity index (χ3v) is 4.82. The topological polar surface area (TPSA) is 140 Å². The molecule has 1 aliphatic heterocycles. The second-order valence-electron chi connectivity index (χ2n) is 5.89. The van der Waals surface area contributed by atoms with Crippen LogP contribution in [0.25, 0.3) is 0 Å². The summed E-state index contributed by atoms with van der Waals surface area (Å²) in [5.74, 6) is -1.19. The van der Waals surface area contributed by atoms with Crippen LogP contribution in [0.4, 0.5) is 0 Å². The Morgan fingerprint density at radius 3 is 2.77 bits per heavy atom. The zero-order chi connectivity index (χ0) is 21.5. The Morgan fingerprint density at radius 1 is 1.30 bits per heavy atom. The van der Waals surface area contributed by atoms with E-state index in [9.17, 15) is 14.4 Å². The van der Waals surface area contributed by atoms with Gasteiger partial charge in [0.2, 0.25) is 11.8 Å². The summed E-state index contributed by atoms with van der Waals surface area (Å²) in [6, 6.07) is 9.84. The maximum atomic E-state index is 11.6. The molecule has 2 N–H and O–H groups in total. The fraction of sp³-hybridized carbons (Fsp3) is 0.158. The lowest BCUT2D eigenvalue weighted by atomic mass is 10.2. The van der Waals surface area contributed by atoms with Gasteiger partial charge < -0.3 is 19.9 Å². The summed E-state index contributed by atoms with van der Waals surface area (Å²) in [5.41, 5.74) is 1.05. The van der Waals surface area contributed by atoms with Crippen LogP contribution in [0.5, 0.6) is 11.6 Å². The predicted molar refractivity (Wildman–Crippen MR) is 109 cm³/mol. The minimum Gasteiger partial charge on any atom is -0.481 e. The van der Waals surface area contributed by atoms with Crippen LogP contribution in [-0.4, -0.2) is 51.7 Å². The van der Waals surface area contributed by atoms with E-state index in [-0.39, 0.29) is 17.5 Å². The first kappa shape index (κ1) is 21.0. The van der Waals surface area contributed by atoms with Gasteiger partial charge in [-0.3, -0.25) is 9.59 Å². The number of aliphatic carboxylic acids is 1. The van der Waals surface area contributed by atoms with E-state index in [1.54, 1.807) is 24.3 Å². The number of nitrogens with zero attached hydrogens (tertiary/aromatic N) is 3. The molecule has 0 bridgehead atoms. The number of carbonyl (C=O) groups excluding carboxylic acids is 2. The number of thioether (sulfide) groups is 1. The van der Waals surface area contributed by atoms with Crippen LogP contribution in [0.1, 0.15) is 22.3 Å². The number of hydrogen-bond acceptors (Lipinski definition) is 9. The van der Waals surface area contributed by atoms with Gasteiger partial charge in [-0.2, -0.15) is 5.10 Å². The molecule has 10 nitrogen and oxygen atoms in total. The lowest BCUT2D eigenvalue weighted by Crippen LogP contribution is -2.26. The minimum atomic E-state index is -1.05. The summed E-state index contributed by atoms with van der Waals surface area (Å²) in [7, 11) is 1.29. The summed E-state index contributed by atoms with van der Waals surface area (Å²) >= 11 is 1.03. The summed E-state index contributed by atoms with van der Waals surface area (Å²) in [6.07, 6.45) is 2.64. The molecule has 1 unspecified atom stereocenters. The van der Waals surface area contributed by atoms with Gasteiger partial charge in [-0.25, -0.2) is 9.78 Å². The zero-order valence-electron chi connectivity index (χ0n) is 15.6. The smallest absolute Gasteiger partial charge is 0.338 e. The normalized spacial score (nSPS) is 17.2. The van der Waals surface area contributed by atoms with Gasteiger partial charge in [0, 0.05) is 12.3 Å². The third-order valence-electron chi connectivity index (χ3n) is 3.75. The van der Waals surface area contributed by atoms with Gasteiger partial charge >= 0.3 is 11.9 Å². The quantitative estimate of drug-likeness (QED) is 0.388. The number of amides is 1. The number of carboxylic acids is 1. The van der Waals surface area contributed by atoms with E-state index >= 15 is 0 Å². The standard InChI is InChI=1S/C19H16N4O6S/c1-28-18(27)12-6-7-20-15(8-12)29-13-4-2-11(3-5-13)10-21-23-19-22-17(26)14(30-19)9-16(24)25/h2-8,10,14H,9H2,1H3,(H,24,25)(H,22,23,26). The molecule has 2 aromatic rings. The molecule has 0 aliphatic carbocycles. The molecule has 0 saturated carbocycles.